The van der Waals surface area contributed by atoms with Crippen LogP contribution in [0.5, 0.6) is 0 Å². The van der Waals surface area contributed by atoms with Gasteiger partial charge in [-0.05, 0) is 56.3 Å². The highest BCUT2D eigenvalue weighted by Gasteiger charge is 2.35. The maximum absolute atomic E-state index is 6.40. The lowest BCUT2D eigenvalue weighted by Gasteiger charge is -2.39. The molecule has 2 atom stereocenters. The van der Waals surface area contributed by atoms with Gasteiger partial charge in [-0.1, -0.05) is 24.1 Å². The minimum absolute atomic E-state index is 0.764. The Kier molecular flexibility index (Phi) is 3.99. The van der Waals surface area contributed by atoms with Crippen molar-refractivity contribution in [1.29, 1.82) is 0 Å². The van der Waals surface area contributed by atoms with Crippen molar-refractivity contribution in [3.8, 4) is 0 Å². The molecule has 104 valence electrons. The average Bonchev–Trinajstić information content (AvgIpc) is 2.89. The largest absolute Gasteiger partial charge is 0.368 e. The van der Waals surface area contributed by atoms with E-state index in [-0.39, 0.29) is 0 Å². The first-order valence-corrected chi connectivity index (χ1v) is 7.87. The van der Waals surface area contributed by atoms with Crippen LogP contribution >= 0.6 is 11.6 Å². The third-order valence-electron chi connectivity index (χ3n) is 4.73. The number of halogens is 1. The first-order chi connectivity index (χ1) is 9.29. The van der Waals surface area contributed by atoms with Gasteiger partial charge >= 0.3 is 0 Å². The lowest BCUT2D eigenvalue weighted by atomic mass is 9.91. The van der Waals surface area contributed by atoms with Crippen LogP contribution < -0.4 is 10.2 Å². The molecule has 2 nitrogen and oxygen atoms in total. The van der Waals surface area contributed by atoms with E-state index in [1.54, 1.807) is 0 Å². The fourth-order valence-electron chi connectivity index (χ4n) is 3.82. The Morgan fingerprint density at radius 1 is 1.26 bits per heavy atom. The molecule has 1 aromatic rings. The second-order valence-corrected chi connectivity index (χ2v) is 6.31. The van der Waals surface area contributed by atoms with E-state index in [2.05, 4.69) is 28.4 Å². The van der Waals surface area contributed by atoms with Crippen molar-refractivity contribution < 1.29 is 0 Å². The van der Waals surface area contributed by atoms with Gasteiger partial charge in [0.25, 0.3) is 0 Å². The van der Waals surface area contributed by atoms with Gasteiger partial charge in [0.2, 0.25) is 0 Å². The van der Waals surface area contributed by atoms with Crippen molar-refractivity contribution in [1.82, 2.24) is 5.32 Å². The molecule has 3 heteroatoms. The van der Waals surface area contributed by atoms with Gasteiger partial charge in [0.1, 0.15) is 0 Å². The van der Waals surface area contributed by atoms with Gasteiger partial charge in [0, 0.05) is 29.8 Å². The highest BCUT2D eigenvalue weighted by atomic mass is 35.5. The fourth-order valence-corrected chi connectivity index (χ4v) is 4.06. The number of rotatable bonds is 3. The van der Waals surface area contributed by atoms with E-state index in [0.717, 1.165) is 23.5 Å². The molecule has 2 fully saturated rings. The van der Waals surface area contributed by atoms with Gasteiger partial charge in [-0.3, -0.25) is 0 Å². The monoisotopic (exact) mass is 278 g/mol. The van der Waals surface area contributed by atoms with Crippen molar-refractivity contribution in [3.63, 3.8) is 0 Å². The smallest absolute Gasteiger partial charge is 0.0471 e. The van der Waals surface area contributed by atoms with Gasteiger partial charge in [-0.15, -0.1) is 0 Å². The summed E-state index contributed by atoms with van der Waals surface area (Å²) >= 11 is 6.40. The van der Waals surface area contributed by atoms with Gasteiger partial charge in [0.15, 0.2) is 0 Å². The molecule has 1 aliphatic heterocycles. The van der Waals surface area contributed by atoms with Gasteiger partial charge in [-0.25, -0.2) is 0 Å². The molecule has 0 spiro atoms. The molecule has 1 heterocycles. The van der Waals surface area contributed by atoms with E-state index in [0.29, 0.717) is 0 Å². The van der Waals surface area contributed by atoms with Gasteiger partial charge in [-0.2, -0.15) is 0 Å². The number of piperidine rings is 1. The fraction of sp³-hybridized carbons (Fsp3) is 0.625. The first-order valence-electron chi connectivity index (χ1n) is 7.49. The normalized spacial score (nSPS) is 26.5. The molecule has 2 aliphatic rings. The minimum atomic E-state index is 0.764. The summed E-state index contributed by atoms with van der Waals surface area (Å²) < 4.78 is 0. The Morgan fingerprint density at radius 2 is 2.11 bits per heavy atom. The molecule has 19 heavy (non-hydrogen) atoms. The number of hydrogen-bond acceptors (Lipinski definition) is 2. The van der Waals surface area contributed by atoms with Crippen LogP contribution in [0, 0.1) is 5.92 Å². The standard InChI is InChI=1S/C16H23ClN2/c1-18-11-13-7-8-14(10-15(13)17)19-9-3-5-12-4-2-6-16(12)19/h7-8,10,12,16,18H,2-6,9,11H2,1H3. The molecule has 0 bridgehead atoms. The van der Waals surface area contributed by atoms with Crippen molar-refractivity contribution in [2.24, 2.45) is 5.92 Å². The zero-order valence-electron chi connectivity index (χ0n) is 11.7. The van der Waals surface area contributed by atoms with E-state index in [4.69, 9.17) is 11.6 Å². The van der Waals surface area contributed by atoms with Crippen molar-refractivity contribution in [2.45, 2.75) is 44.7 Å². The van der Waals surface area contributed by atoms with Crippen LogP contribution in [-0.2, 0) is 6.54 Å². The molecule has 2 unspecified atom stereocenters. The van der Waals surface area contributed by atoms with Crippen LogP contribution in [0.2, 0.25) is 5.02 Å². The molecule has 0 aromatic heterocycles. The summed E-state index contributed by atoms with van der Waals surface area (Å²) in [5.41, 5.74) is 2.51. The van der Waals surface area contributed by atoms with Crippen molar-refractivity contribution in [3.05, 3.63) is 28.8 Å². The van der Waals surface area contributed by atoms with Crippen LogP contribution in [0.25, 0.3) is 0 Å². The number of nitrogens with one attached hydrogen (secondary N) is 1. The minimum Gasteiger partial charge on any atom is -0.368 e. The number of benzene rings is 1. The highest BCUT2D eigenvalue weighted by molar-refractivity contribution is 6.31. The van der Waals surface area contributed by atoms with E-state index in [1.165, 1.54) is 49.9 Å². The Hall–Kier alpha value is -0.730. The maximum Gasteiger partial charge on any atom is 0.0471 e. The number of fused-ring (bicyclic) bond motifs is 1. The third-order valence-corrected chi connectivity index (χ3v) is 5.08. The Balaban J connectivity index is 1.83. The summed E-state index contributed by atoms with van der Waals surface area (Å²) in [5.74, 6) is 0.921. The summed E-state index contributed by atoms with van der Waals surface area (Å²) in [6, 6.07) is 7.35. The number of hydrogen-bond donors (Lipinski definition) is 1. The molecular weight excluding hydrogens is 256 g/mol. The summed E-state index contributed by atoms with van der Waals surface area (Å²) in [6.45, 7) is 2.04. The van der Waals surface area contributed by atoms with E-state index in [9.17, 15) is 0 Å². The molecule has 1 saturated carbocycles. The first kappa shape index (κ1) is 13.3. The summed E-state index contributed by atoms with van der Waals surface area (Å²) in [5, 5.41) is 4.06. The quantitative estimate of drug-likeness (QED) is 0.904. The molecule has 0 radical (unpaired) electrons. The lowest BCUT2D eigenvalue weighted by molar-refractivity contribution is 0.362. The van der Waals surface area contributed by atoms with E-state index < -0.39 is 0 Å². The van der Waals surface area contributed by atoms with E-state index in [1.807, 2.05) is 7.05 Å². The van der Waals surface area contributed by atoms with Crippen LogP contribution in [0.4, 0.5) is 5.69 Å². The van der Waals surface area contributed by atoms with Crippen LogP contribution in [0.3, 0.4) is 0 Å². The zero-order chi connectivity index (χ0) is 13.2. The third kappa shape index (κ3) is 2.61. The van der Waals surface area contributed by atoms with E-state index >= 15 is 0 Å². The predicted octanol–water partition coefficient (Wildman–Crippen LogP) is 3.83. The van der Waals surface area contributed by atoms with Crippen molar-refractivity contribution >= 4 is 17.3 Å². The SMILES string of the molecule is CNCc1ccc(N2CCCC3CCCC32)cc1Cl. The molecule has 1 N–H and O–H groups in total. The number of anilines is 1. The average molecular weight is 279 g/mol. The van der Waals surface area contributed by atoms with Gasteiger partial charge in [0.05, 0.1) is 0 Å². The zero-order valence-corrected chi connectivity index (χ0v) is 12.4. The second-order valence-electron chi connectivity index (χ2n) is 5.90. The Bertz CT molecular complexity index is 446. The van der Waals surface area contributed by atoms with Gasteiger partial charge < -0.3 is 10.2 Å². The lowest BCUT2D eigenvalue weighted by Crippen LogP contribution is -2.42. The Labute approximate surface area is 121 Å². The number of nitrogens with zero attached hydrogens (tertiary/aromatic N) is 1. The Morgan fingerprint density at radius 3 is 2.89 bits per heavy atom. The van der Waals surface area contributed by atoms with Crippen LogP contribution in [0.1, 0.15) is 37.7 Å². The topological polar surface area (TPSA) is 15.3 Å². The molecule has 1 aliphatic carbocycles. The van der Waals surface area contributed by atoms with Crippen LogP contribution in [0.15, 0.2) is 18.2 Å². The summed E-state index contributed by atoms with van der Waals surface area (Å²) in [4.78, 5) is 2.61. The molecule has 1 saturated heterocycles. The summed E-state index contributed by atoms with van der Waals surface area (Å²) in [6.07, 6.45) is 6.94. The molecule has 0 amide bonds. The molecule has 3 rings (SSSR count). The maximum atomic E-state index is 6.40. The van der Waals surface area contributed by atoms with Crippen LogP contribution in [-0.4, -0.2) is 19.6 Å². The van der Waals surface area contributed by atoms with Crippen molar-refractivity contribution in [2.75, 3.05) is 18.5 Å². The second kappa shape index (κ2) is 5.72. The molecular formula is C16H23ClN2. The predicted molar refractivity (Wildman–Crippen MR) is 81.9 cm³/mol. The summed E-state index contributed by atoms with van der Waals surface area (Å²) in [7, 11) is 1.96. The molecule has 1 aromatic carbocycles. The highest BCUT2D eigenvalue weighted by Crippen LogP contribution is 2.39.